The molecule has 0 heterocycles. The standard InChI is InChI=1S/C17H25N3O.HI/c18-16(20-14-7-2-1-3-8-14)19-12-17(21)11-10-13-6-4-5-9-15(13)17;/h4-6,9,14,21H,1-3,7-8,10-12H2,(H3,18,19,20);1H. The average molecular weight is 415 g/mol. The highest BCUT2D eigenvalue weighted by atomic mass is 127. The molecule has 4 N–H and O–H groups in total. The fraction of sp³-hybridized carbons (Fsp3) is 0.588. The normalized spacial score (nSPS) is 25.4. The van der Waals surface area contributed by atoms with Gasteiger partial charge in [-0.05, 0) is 36.8 Å². The number of aliphatic imine (C=N–C) groups is 1. The topological polar surface area (TPSA) is 70.6 Å². The van der Waals surface area contributed by atoms with Crippen LogP contribution in [0, 0.1) is 0 Å². The molecule has 0 aromatic heterocycles. The summed E-state index contributed by atoms with van der Waals surface area (Å²) in [5.41, 5.74) is 7.38. The average Bonchev–Trinajstić information content (AvgIpc) is 2.85. The smallest absolute Gasteiger partial charge is 0.188 e. The van der Waals surface area contributed by atoms with E-state index in [1.807, 2.05) is 18.2 Å². The van der Waals surface area contributed by atoms with Crippen molar-refractivity contribution in [1.82, 2.24) is 5.32 Å². The Hall–Kier alpha value is -0.820. The molecular formula is C17H26IN3O. The third kappa shape index (κ3) is 3.93. The summed E-state index contributed by atoms with van der Waals surface area (Å²) in [6, 6.07) is 8.53. The second-order valence-corrected chi connectivity index (χ2v) is 6.37. The first kappa shape index (κ1) is 17.5. The Morgan fingerprint density at radius 1 is 1.27 bits per heavy atom. The van der Waals surface area contributed by atoms with E-state index in [-0.39, 0.29) is 24.0 Å². The maximum atomic E-state index is 10.8. The van der Waals surface area contributed by atoms with Crippen LogP contribution in [-0.4, -0.2) is 23.7 Å². The van der Waals surface area contributed by atoms with Crippen molar-refractivity contribution in [2.45, 2.75) is 56.6 Å². The molecule has 1 aromatic carbocycles. The van der Waals surface area contributed by atoms with Gasteiger partial charge >= 0.3 is 0 Å². The van der Waals surface area contributed by atoms with Gasteiger partial charge in [0.2, 0.25) is 0 Å². The van der Waals surface area contributed by atoms with Gasteiger partial charge < -0.3 is 16.2 Å². The van der Waals surface area contributed by atoms with Crippen LogP contribution < -0.4 is 11.1 Å². The Morgan fingerprint density at radius 2 is 2.00 bits per heavy atom. The lowest BCUT2D eigenvalue weighted by atomic mass is 9.95. The zero-order chi connectivity index (χ0) is 14.7. The van der Waals surface area contributed by atoms with Gasteiger partial charge in [-0.2, -0.15) is 0 Å². The van der Waals surface area contributed by atoms with Crippen molar-refractivity contribution in [2.75, 3.05) is 6.54 Å². The quantitative estimate of drug-likeness (QED) is 0.404. The third-order valence-electron chi connectivity index (χ3n) is 4.79. The Bertz CT molecular complexity index is 528. The predicted molar refractivity (Wildman–Crippen MR) is 101 cm³/mol. The second-order valence-electron chi connectivity index (χ2n) is 6.37. The van der Waals surface area contributed by atoms with Gasteiger partial charge in [0.05, 0.1) is 6.54 Å². The lowest BCUT2D eigenvalue weighted by Gasteiger charge is -2.25. The first-order valence-corrected chi connectivity index (χ1v) is 8.05. The summed E-state index contributed by atoms with van der Waals surface area (Å²) in [6.45, 7) is 0.343. The predicted octanol–water partition coefficient (Wildman–Crippen LogP) is 2.68. The van der Waals surface area contributed by atoms with E-state index in [2.05, 4.69) is 16.4 Å². The van der Waals surface area contributed by atoms with Gasteiger partial charge in [0.15, 0.2) is 5.96 Å². The second kappa shape index (κ2) is 7.64. The van der Waals surface area contributed by atoms with Crippen LogP contribution in [0.1, 0.15) is 49.7 Å². The van der Waals surface area contributed by atoms with Crippen molar-refractivity contribution in [1.29, 1.82) is 0 Å². The molecule has 0 amide bonds. The summed E-state index contributed by atoms with van der Waals surface area (Å²) in [5, 5.41) is 14.1. The molecule has 22 heavy (non-hydrogen) atoms. The first-order chi connectivity index (χ1) is 10.2. The molecule has 1 saturated carbocycles. The number of fused-ring (bicyclic) bond motifs is 1. The number of hydrogen-bond donors (Lipinski definition) is 3. The lowest BCUT2D eigenvalue weighted by molar-refractivity contribution is 0.0485. The molecular weight excluding hydrogens is 389 g/mol. The molecule has 5 heteroatoms. The SMILES string of the molecule is I.NC(=NCC1(O)CCc2ccccc21)NC1CCCCC1. The minimum absolute atomic E-state index is 0. The van der Waals surface area contributed by atoms with Crippen LogP contribution in [0.3, 0.4) is 0 Å². The molecule has 0 radical (unpaired) electrons. The molecule has 1 unspecified atom stereocenters. The molecule has 1 atom stereocenters. The highest BCUT2D eigenvalue weighted by Gasteiger charge is 2.36. The summed E-state index contributed by atoms with van der Waals surface area (Å²) in [7, 11) is 0. The largest absolute Gasteiger partial charge is 0.383 e. The molecule has 0 saturated heterocycles. The summed E-state index contributed by atoms with van der Waals surface area (Å²) in [6.07, 6.45) is 7.84. The molecule has 3 rings (SSSR count). The zero-order valence-corrected chi connectivity index (χ0v) is 15.3. The molecule has 2 aliphatic carbocycles. The summed E-state index contributed by atoms with van der Waals surface area (Å²) in [4.78, 5) is 4.40. The van der Waals surface area contributed by atoms with Crippen molar-refractivity contribution >= 4 is 29.9 Å². The number of guanidine groups is 1. The lowest BCUT2D eigenvalue weighted by Crippen LogP contribution is -2.42. The van der Waals surface area contributed by atoms with E-state index in [1.54, 1.807) is 0 Å². The molecule has 1 fully saturated rings. The maximum absolute atomic E-state index is 10.8. The van der Waals surface area contributed by atoms with E-state index in [0.29, 0.717) is 18.5 Å². The fourth-order valence-electron chi connectivity index (χ4n) is 3.55. The number of nitrogens with zero attached hydrogens (tertiary/aromatic N) is 1. The maximum Gasteiger partial charge on any atom is 0.188 e. The summed E-state index contributed by atoms with van der Waals surface area (Å²) in [5.74, 6) is 0.472. The van der Waals surface area contributed by atoms with Crippen LogP contribution in [-0.2, 0) is 12.0 Å². The Kier molecular flexibility index (Phi) is 6.09. The molecule has 122 valence electrons. The summed E-state index contributed by atoms with van der Waals surface area (Å²) < 4.78 is 0. The number of nitrogens with two attached hydrogens (primary N) is 1. The van der Waals surface area contributed by atoms with Crippen LogP contribution in [0.4, 0.5) is 0 Å². The number of rotatable bonds is 3. The number of aliphatic hydroxyl groups is 1. The van der Waals surface area contributed by atoms with Gasteiger partial charge in [-0.15, -0.1) is 24.0 Å². The number of hydrogen-bond acceptors (Lipinski definition) is 2. The van der Waals surface area contributed by atoms with Crippen LogP contribution in [0.25, 0.3) is 0 Å². The van der Waals surface area contributed by atoms with Gasteiger partial charge in [0.25, 0.3) is 0 Å². The van der Waals surface area contributed by atoms with Gasteiger partial charge in [0, 0.05) is 6.04 Å². The molecule has 0 aliphatic heterocycles. The van der Waals surface area contributed by atoms with Crippen LogP contribution >= 0.6 is 24.0 Å². The van der Waals surface area contributed by atoms with Gasteiger partial charge in [-0.25, -0.2) is 0 Å². The number of halogens is 1. The van der Waals surface area contributed by atoms with Gasteiger partial charge in [-0.3, -0.25) is 4.99 Å². The van der Waals surface area contributed by atoms with E-state index in [0.717, 1.165) is 18.4 Å². The van der Waals surface area contributed by atoms with Crippen molar-refractivity contribution in [3.05, 3.63) is 35.4 Å². The highest BCUT2D eigenvalue weighted by molar-refractivity contribution is 14.0. The van der Waals surface area contributed by atoms with Crippen molar-refractivity contribution < 1.29 is 5.11 Å². The highest BCUT2D eigenvalue weighted by Crippen LogP contribution is 2.36. The molecule has 2 aliphatic rings. The monoisotopic (exact) mass is 415 g/mol. The van der Waals surface area contributed by atoms with E-state index in [4.69, 9.17) is 5.73 Å². The van der Waals surface area contributed by atoms with Crippen molar-refractivity contribution in [3.8, 4) is 0 Å². The number of nitrogens with one attached hydrogen (secondary N) is 1. The van der Waals surface area contributed by atoms with E-state index in [1.165, 1.54) is 37.7 Å². The van der Waals surface area contributed by atoms with Crippen LogP contribution in [0.15, 0.2) is 29.3 Å². The molecule has 0 bridgehead atoms. The van der Waals surface area contributed by atoms with E-state index < -0.39 is 5.60 Å². The van der Waals surface area contributed by atoms with Crippen molar-refractivity contribution in [2.24, 2.45) is 10.7 Å². The number of aryl methyl sites for hydroxylation is 1. The Balaban J connectivity index is 0.00000176. The van der Waals surface area contributed by atoms with Crippen LogP contribution in [0.5, 0.6) is 0 Å². The van der Waals surface area contributed by atoms with E-state index in [9.17, 15) is 5.11 Å². The summed E-state index contributed by atoms with van der Waals surface area (Å²) >= 11 is 0. The van der Waals surface area contributed by atoms with Crippen molar-refractivity contribution in [3.63, 3.8) is 0 Å². The van der Waals surface area contributed by atoms with E-state index >= 15 is 0 Å². The Labute approximate surface area is 149 Å². The minimum atomic E-state index is -0.852. The first-order valence-electron chi connectivity index (χ1n) is 8.05. The molecule has 1 aromatic rings. The fourth-order valence-corrected chi connectivity index (χ4v) is 3.55. The van der Waals surface area contributed by atoms with Gasteiger partial charge in [-0.1, -0.05) is 43.5 Å². The molecule has 4 nitrogen and oxygen atoms in total. The minimum Gasteiger partial charge on any atom is -0.383 e. The third-order valence-corrected chi connectivity index (χ3v) is 4.79. The number of benzene rings is 1. The van der Waals surface area contributed by atoms with Gasteiger partial charge in [0.1, 0.15) is 5.60 Å². The molecule has 0 spiro atoms. The zero-order valence-electron chi connectivity index (χ0n) is 12.9. The van der Waals surface area contributed by atoms with Crippen LogP contribution in [0.2, 0.25) is 0 Å². The Morgan fingerprint density at radius 3 is 2.77 bits per heavy atom.